The third-order valence-electron chi connectivity index (χ3n) is 3.07. The number of rotatable bonds is 4. The highest BCUT2D eigenvalue weighted by Gasteiger charge is 2.21. The number of nitrogens with zero attached hydrogens (tertiary/aromatic N) is 1. The number of hydrogen-bond donors (Lipinski definition) is 2. The highest BCUT2D eigenvalue weighted by atomic mass is 35.5. The van der Waals surface area contributed by atoms with Crippen molar-refractivity contribution in [1.82, 2.24) is 4.31 Å². The van der Waals surface area contributed by atoms with Gasteiger partial charge in [0.25, 0.3) is 0 Å². The van der Waals surface area contributed by atoms with Gasteiger partial charge >= 0.3 is 0 Å². The third-order valence-corrected chi connectivity index (χ3v) is 5.90. The van der Waals surface area contributed by atoms with Crippen molar-refractivity contribution in [1.29, 1.82) is 0 Å². The Kier molecular flexibility index (Phi) is 6.06. The molecule has 9 heteroatoms. The minimum absolute atomic E-state index is 0.000268. The molecule has 2 aromatic rings. The molecule has 0 unspecified atom stereocenters. The summed E-state index contributed by atoms with van der Waals surface area (Å²) in [7, 11) is -0.775. The molecule has 2 N–H and O–H groups in total. The fourth-order valence-electron chi connectivity index (χ4n) is 1.82. The van der Waals surface area contributed by atoms with Gasteiger partial charge in [0.1, 0.15) is 4.90 Å². The molecule has 0 aliphatic heterocycles. The van der Waals surface area contributed by atoms with Gasteiger partial charge in [0, 0.05) is 19.8 Å². The molecular weight excluding hydrogens is 389 g/mol. The number of benzene rings is 2. The van der Waals surface area contributed by atoms with E-state index in [4.69, 9.17) is 35.4 Å². The fraction of sp³-hybridized carbons (Fsp3) is 0.133. The van der Waals surface area contributed by atoms with Gasteiger partial charge < -0.3 is 10.6 Å². The lowest BCUT2D eigenvalue weighted by Crippen LogP contribution is -2.23. The topological polar surface area (TPSA) is 61.4 Å². The zero-order chi connectivity index (χ0) is 17.9. The molecule has 0 aliphatic rings. The highest BCUT2D eigenvalue weighted by Crippen LogP contribution is 2.27. The monoisotopic (exact) mass is 403 g/mol. The van der Waals surface area contributed by atoms with E-state index in [0.717, 1.165) is 4.31 Å². The third kappa shape index (κ3) is 4.37. The average molecular weight is 404 g/mol. The van der Waals surface area contributed by atoms with Crippen LogP contribution in [-0.2, 0) is 10.0 Å². The Morgan fingerprint density at radius 2 is 1.71 bits per heavy atom. The normalized spacial score (nSPS) is 11.4. The van der Waals surface area contributed by atoms with E-state index in [0.29, 0.717) is 16.4 Å². The zero-order valence-electron chi connectivity index (χ0n) is 12.9. The van der Waals surface area contributed by atoms with E-state index in [1.165, 1.54) is 26.2 Å². The van der Waals surface area contributed by atoms with Crippen LogP contribution in [0.5, 0.6) is 0 Å². The molecule has 0 atom stereocenters. The van der Waals surface area contributed by atoms with Crippen LogP contribution in [0.2, 0.25) is 10.0 Å². The summed E-state index contributed by atoms with van der Waals surface area (Å²) in [6, 6.07) is 11.7. The summed E-state index contributed by atoms with van der Waals surface area (Å²) >= 11 is 17.3. The first kappa shape index (κ1) is 19.0. The van der Waals surface area contributed by atoms with Crippen molar-refractivity contribution in [2.45, 2.75) is 4.90 Å². The summed E-state index contributed by atoms with van der Waals surface area (Å²) in [6.45, 7) is 0. The smallest absolute Gasteiger partial charge is 0.244 e. The second kappa shape index (κ2) is 7.67. The van der Waals surface area contributed by atoms with Crippen LogP contribution in [0.1, 0.15) is 0 Å². The van der Waals surface area contributed by atoms with E-state index in [1.807, 2.05) is 12.1 Å². The van der Waals surface area contributed by atoms with Crippen LogP contribution < -0.4 is 10.6 Å². The van der Waals surface area contributed by atoms with Crippen LogP contribution in [0.15, 0.2) is 47.4 Å². The number of hydrogen-bond acceptors (Lipinski definition) is 3. The molecule has 0 heterocycles. The maximum Gasteiger partial charge on any atom is 0.244 e. The quantitative estimate of drug-likeness (QED) is 0.753. The molecule has 0 bridgehead atoms. The van der Waals surface area contributed by atoms with Crippen LogP contribution in [0.3, 0.4) is 0 Å². The number of anilines is 2. The van der Waals surface area contributed by atoms with Gasteiger partial charge in [-0.05, 0) is 42.5 Å². The van der Waals surface area contributed by atoms with Crippen molar-refractivity contribution in [3.63, 3.8) is 0 Å². The minimum atomic E-state index is -3.65. The molecule has 0 saturated heterocycles. The van der Waals surface area contributed by atoms with E-state index >= 15 is 0 Å². The maximum absolute atomic E-state index is 12.3. The van der Waals surface area contributed by atoms with Crippen molar-refractivity contribution in [3.8, 4) is 0 Å². The van der Waals surface area contributed by atoms with Gasteiger partial charge in [-0.1, -0.05) is 35.3 Å². The largest absolute Gasteiger partial charge is 0.332 e. The Labute approximate surface area is 156 Å². The molecule has 0 radical (unpaired) electrons. The first-order valence-corrected chi connectivity index (χ1v) is 9.37. The van der Waals surface area contributed by atoms with Gasteiger partial charge in [-0.15, -0.1) is 0 Å². The first-order chi connectivity index (χ1) is 11.2. The van der Waals surface area contributed by atoms with E-state index in [2.05, 4.69) is 10.6 Å². The summed E-state index contributed by atoms with van der Waals surface area (Å²) in [6.07, 6.45) is 0. The molecule has 0 aromatic heterocycles. The van der Waals surface area contributed by atoms with Crippen molar-refractivity contribution < 1.29 is 8.42 Å². The molecule has 0 amide bonds. The van der Waals surface area contributed by atoms with Crippen LogP contribution >= 0.6 is 35.4 Å². The van der Waals surface area contributed by atoms with Crippen molar-refractivity contribution in [3.05, 3.63) is 52.5 Å². The van der Waals surface area contributed by atoms with Crippen LogP contribution in [0.25, 0.3) is 0 Å². The van der Waals surface area contributed by atoms with Gasteiger partial charge in [-0.25, -0.2) is 12.7 Å². The van der Waals surface area contributed by atoms with E-state index in [1.54, 1.807) is 18.2 Å². The standard InChI is InChI=1S/C15H15Cl2N3O2S2/c1-20(2)24(21,22)14-9-10(7-8-12(14)17)18-15(23)19-13-6-4-3-5-11(13)16/h3-9H,1-2H3,(H2,18,19,23). The summed E-state index contributed by atoms with van der Waals surface area (Å²) in [5.74, 6) is 0. The Hall–Kier alpha value is -1.38. The lowest BCUT2D eigenvalue weighted by atomic mass is 10.3. The number of halogens is 2. The molecule has 0 aliphatic carbocycles. The van der Waals surface area contributed by atoms with E-state index in [-0.39, 0.29) is 15.0 Å². The Balaban J connectivity index is 2.22. The zero-order valence-corrected chi connectivity index (χ0v) is 16.0. The Morgan fingerprint density at radius 3 is 2.33 bits per heavy atom. The lowest BCUT2D eigenvalue weighted by molar-refractivity contribution is 0.521. The predicted octanol–water partition coefficient (Wildman–Crippen LogP) is 4.05. The van der Waals surface area contributed by atoms with Crippen LogP contribution in [-0.4, -0.2) is 31.9 Å². The lowest BCUT2D eigenvalue weighted by Gasteiger charge is -2.15. The second-order valence-corrected chi connectivity index (χ2v) is 8.33. The van der Waals surface area contributed by atoms with Crippen molar-refractivity contribution in [2.75, 3.05) is 24.7 Å². The average Bonchev–Trinajstić information content (AvgIpc) is 2.51. The first-order valence-electron chi connectivity index (χ1n) is 6.76. The molecule has 0 spiro atoms. The minimum Gasteiger partial charge on any atom is -0.332 e. The van der Waals surface area contributed by atoms with E-state index < -0.39 is 10.0 Å². The van der Waals surface area contributed by atoms with E-state index in [9.17, 15) is 8.42 Å². The van der Waals surface area contributed by atoms with Crippen LogP contribution in [0, 0.1) is 0 Å². The summed E-state index contributed by atoms with van der Waals surface area (Å²) < 4.78 is 25.6. The van der Waals surface area contributed by atoms with Crippen molar-refractivity contribution in [2.24, 2.45) is 0 Å². The van der Waals surface area contributed by atoms with Gasteiger partial charge in [-0.3, -0.25) is 0 Å². The number of nitrogens with one attached hydrogen (secondary N) is 2. The molecule has 0 fully saturated rings. The van der Waals surface area contributed by atoms with Crippen LogP contribution in [0.4, 0.5) is 11.4 Å². The van der Waals surface area contributed by atoms with Gasteiger partial charge in [0.15, 0.2) is 5.11 Å². The van der Waals surface area contributed by atoms with Gasteiger partial charge in [-0.2, -0.15) is 0 Å². The van der Waals surface area contributed by atoms with Crippen molar-refractivity contribution >= 4 is 61.9 Å². The molecule has 0 saturated carbocycles. The summed E-state index contributed by atoms with van der Waals surface area (Å²) in [5.41, 5.74) is 1.14. The Morgan fingerprint density at radius 1 is 1.04 bits per heavy atom. The summed E-state index contributed by atoms with van der Waals surface area (Å²) in [4.78, 5) is -0.000268. The second-order valence-electron chi connectivity index (χ2n) is 4.99. The maximum atomic E-state index is 12.3. The molecule has 128 valence electrons. The fourth-order valence-corrected chi connectivity index (χ4v) is 3.63. The molecule has 2 aromatic carbocycles. The Bertz CT molecular complexity index is 871. The molecule has 5 nitrogen and oxygen atoms in total. The number of thiocarbonyl (C=S) groups is 1. The predicted molar refractivity (Wildman–Crippen MR) is 104 cm³/mol. The number of para-hydroxylation sites is 1. The van der Waals surface area contributed by atoms with Gasteiger partial charge in [0.2, 0.25) is 10.0 Å². The SMILES string of the molecule is CN(C)S(=O)(=O)c1cc(NC(=S)Nc2ccccc2Cl)ccc1Cl. The highest BCUT2D eigenvalue weighted by molar-refractivity contribution is 7.89. The van der Waals surface area contributed by atoms with Gasteiger partial charge in [0.05, 0.1) is 15.7 Å². The number of sulfonamides is 1. The summed E-state index contributed by atoms with van der Waals surface area (Å²) in [5, 5.41) is 6.80. The molecule has 2 rings (SSSR count). The molecular formula is C15H15Cl2N3O2S2. The molecule has 24 heavy (non-hydrogen) atoms.